The monoisotopic (exact) mass is 500 g/mol. The molecule has 2 aromatic carbocycles. The van der Waals surface area contributed by atoms with E-state index in [1.54, 1.807) is 23.1 Å². The summed E-state index contributed by atoms with van der Waals surface area (Å²) >= 11 is 5.52. The summed E-state index contributed by atoms with van der Waals surface area (Å²) < 4.78 is 1.20. The minimum Gasteiger partial charge on any atom is -0.336 e. The van der Waals surface area contributed by atoms with Crippen molar-refractivity contribution in [2.75, 3.05) is 0 Å². The van der Waals surface area contributed by atoms with Gasteiger partial charge in [-0.05, 0) is 65.9 Å². The Hall–Kier alpha value is -2.15. The van der Waals surface area contributed by atoms with Crippen LogP contribution >= 0.6 is 45.7 Å². The zero-order valence-electron chi connectivity index (χ0n) is 14.2. The van der Waals surface area contributed by atoms with Crippen LogP contribution in [0.4, 0.5) is 0 Å². The first-order chi connectivity index (χ1) is 13.1. The molecule has 0 aliphatic carbocycles. The van der Waals surface area contributed by atoms with E-state index >= 15 is 0 Å². The quantitative estimate of drug-likeness (QED) is 0.342. The SMILES string of the molecule is Cc1nc(-c2nc(Sc3ccc(I)cc3)c(-c3ccc(C#N)cc3)[nH]2)cs1. The van der Waals surface area contributed by atoms with Crippen molar-refractivity contribution in [3.63, 3.8) is 0 Å². The molecule has 0 atom stereocenters. The van der Waals surface area contributed by atoms with Gasteiger partial charge in [-0.25, -0.2) is 9.97 Å². The van der Waals surface area contributed by atoms with E-state index in [1.807, 2.05) is 36.6 Å². The maximum Gasteiger partial charge on any atom is 0.158 e. The number of thiazole rings is 1. The van der Waals surface area contributed by atoms with Gasteiger partial charge in [0.2, 0.25) is 0 Å². The second-order valence-corrected chi connectivity index (χ2v) is 9.13. The van der Waals surface area contributed by atoms with Gasteiger partial charge in [0.15, 0.2) is 5.82 Å². The minimum atomic E-state index is 0.639. The molecule has 0 saturated carbocycles. The van der Waals surface area contributed by atoms with Gasteiger partial charge >= 0.3 is 0 Å². The third-order valence-corrected chi connectivity index (χ3v) is 6.35. The lowest BCUT2D eigenvalue weighted by molar-refractivity contribution is 1.17. The molecular formula is C20H13IN4S2. The summed E-state index contributed by atoms with van der Waals surface area (Å²) in [5.41, 5.74) is 3.42. The smallest absolute Gasteiger partial charge is 0.158 e. The van der Waals surface area contributed by atoms with E-state index in [4.69, 9.17) is 10.2 Å². The van der Waals surface area contributed by atoms with Crippen molar-refractivity contribution in [1.29, 1.82) is 5.26 Å². The van der Waals surface area contributed by atoms with Crippen LogP contribution in [0.1, 0.15) is 10.6 Å². The van der Waals surface area contributed by atoms with Gasteiger partial charge in [-0.2, -0.15) is 5.26 Å². The number of hydrogen-bond acceptors (Lipinski definition) is 5. The number of halogens is 1. The Balaban J connectivity index is 1.77. The Morgan fingerprint density at radius 2 is 1.81 bits per heavy atom. The molecule has 4 nitrogen and oxygen atoms in total. The lowest BCUT2D eigenvalue weighted by Gasteiger charge is -2.03. The molecule has 0 bridgehead atoms. The average molecular weight is 500 g/mol. The third kappa shape index (κ3) is 4.08. The van der Waals surface area contributed by atoms with Crippen molar-refractivity contribution < 1.29 is 0 Å². The number of nitriles is 1. The first kappa shape index (κ1) is 18.2. The Morgan fingerprint density at radius 3 is 2.44 bits per heavy atom. The number of aromatic nitrogens is 3. The normalized spacial score (nSPS) is 10.7. The van der Waals surface area contributed by atoms with E-state index in [2.05, 4.69) is 62.9 Å². The molecule has 7 heteroatoms. The van der Waals surface area contributed by atoms with E-state index in [-0.39, 0.29) is 0 Å². The van der Waals surface area contributed by atoms with E-state index < -0.39 is 0 Å². The van der Waals surface area contributed by atoms with Crippen LogP contribution in [-0.4, -0.2) is 15.0 Å². The van der Waals surface area contributed by atoms with Gasteiger partial charge in [-0.15, -0.1) is 11.3 Å². The van der Waals surface area contributed by atoms with Crippen LogP contribution in [-0.2, 0) is 0 Å². The highest BCUT2D eigenvalue weighted by Gasteiger charge is 2.16. The number of nitrogens with one attached hydrogen (secondary N) is 1. The van der Waals surface area contributed by atoms with Crippen molar-refractivity contribution in [2.24, 2.45) is 0 Å². The van der Waals surface area contributed by atoms with Gasteiger partial charge in [-0.3, -0.25) is 0 Å². The zero-order chi connectivity index (χ0) is 18.8. The third-order valence-electron chi connectivity index (χ3n) is 3.86. The second-order valence-electron chi connectivity index (χ2n) is 5.76. The highest BCUT2D eigenvalue weighted by Crippen LogP contribution is 2.36. The van der Waals surface area contributed by atoms with Gasteiger partial charge in [0, 0.05) is 19.4 Å². The molecule has 27 heavy (non-hydrogen) atoms. The predicted octanol–water partition coefficient (Wildman–Crippen LogP) is 6.14. The van der Waals surface area contributed by atoms with Crippen molar-refractivity contribution in [1.82, 2.24) is 15.0 Å². The standard InChI is InChI=1S/C20H13IN4S2/c1-12-23-17(11-26-12)19-24-18(14-4-2-13(10-22)3-5-14)20(25-19)27-16-8-6-15(21)7-9-16/h2-9,11H,1H3,(H,24,25). The van der Waals surface area contributed by atoms with Gasteiger partial charge < -0.3 is 4.98 Å². The van der Waals surface area contributed by atoms with E-state index in [0.717, 1.165) is 37.7 Å². The molecule has 0 unspecified atom stereocenters. The highest BCUT2D eigenvalue weighted by molar-refractivity contribution is 14.1. The van der Waals surface area contributed by atoms with Gasteiger partial charge in [-0.1, -0.05) is 23.9 Å². The first-order valence-corrected chi connectivity index (χ1v) is 10.9. The molecule has 0 spiro atoms. The summed E-state index contributed by atoms with van der Waals surface area (Å²) in [4.78, 5) is 13.9. The molecule has 0 fully saturated rings. The van der Waals surface area contributed by atoms with Crippen LogP contribution in [0, 0.1) is 21.8 Å². The first-order valence-electron chi connectivity index (χ1n) is 8.09. The Bertz CT molecular complexity index is 1120. The molecular weight excluding hydrogens is 487 g/mol. The molecule has 0 radical (unpaired) electrons. The number of benzene rings is 2. The summed E-state index contributed by atoms with van der Waals surface area (Å²) in [6.07, 6.45) is 0. The van der Waals surface area contributed by atoms with Gasteiger partial charge in [0.05, 0.1) is 22.3 Å². The molecule has 0 aliphatic heterocycles. The summed E-state index contributed by atoms with van der Waals surface area (Å²) in [5.74, 6) is 0.756. The van der Waals surface area contributed by atoms with Crippen LogP contribution < -0.4 is 0 Å². The second kappa shape index (κ2) is 7.84. The molecule has 132 valence electrons. The van der Waals surface area contributed by atoms with Crippen molar-refractivity contribution in [3.05, 3.63) is 68.1 Å². The maximum atomic E-state index is 9.04. The average Bonchev–Trinajstić information content (AvgIpc) is 3.30. The fraction of sp³-hybridized carbons (Fsp3) is 0.0500. The Morgan fingerprint density at radius 1 is 1.07 bits per heavy atom. The minimum absolute atomic E-state index is 0.639. The summed E-state index contributed by atoms with van der Waals surface area (Å²) in [6.45, 7) is 1.99. The molecule has 1 N–H and O–H groups in total. The highest BCUT2D eigenvalue weighted by atomic mass is 127. The fourth-order valence-corrected chi connectivity index (χ4v) is 4.41. The number of nitrogens with zero attached hydrogens (tertiary/aromatic N) is 3. The number of imidazole rings is 1. The molecule has 2 aromatic heterocycles. The van der Waals surface area contributed by atoms with Crippen LogP contribution in [0.3, 0.4) is 0 Å². The molecule has 2 heterocycles. The zero-order valence-corrected chi connectivity index (χ0v) is 18.0. The van der Waals surface area contributed by atoms with E-state index in [9.17, 15) is 0 Å². The van der Waals surface area contributed by atoms with Gasteiger partial charge in [0.25, 0.3) is 0 Å². The van der Waals surface area contributed by atoms with Crippen molar-refractivity contribution in [2.45, 2.75) is 16.8 Å². The van der Waals surface area contributed by atoms with Crippen LogP contribution in [0.2, 0.25) is 0 Å². The van der Waals surface area contributed by atoms with Crippen LogP contribution in [0.5, 0.6) is 0 Å². The lowest BCUT2D eigenvalue weighted by Crippen LogP contribution is -1.83. The number of aromatic amines is 1. The van der Waals surface area contributed by atoms with Crippen molar-refractivity contribution >= 4 is 45.7 Å². The molecule has 4 rings (SSSR count). The number of rotatable bonds is 4. The predicted molar refractivity (Wildman–Crippen MR) is 118 cm³/mol. The Kier molecular flexibility index (Phi) is 5.29. The summed E-state index contributed by atoms with van der Waals surface area (Å²) in [6, 6.07) is 18.0. The summed E-state index contributed by atoms with van der Waals surface area (Å²) in [7, 11) is 0. The summed E-state index contributed by atoms with van der Waals surface area (Å²) in [5, 5.41) is 13.0. The molecule has 0 amide bonds. The van der Waals surface area contributed by atoms with E-state index in [0.29, 0.717) is 5.56 Å². The number of aryl methyl sites for hydroxylation is 1. The van der Waals surface area contributed by atoms with Crippen LogP contribution in [0.15, 0.2) is 63.8 Å². The maximum absolute atomic E-state index is 9.04. The number of hydrogen-bond donors (Lipinski definition) is 1. The fourth-order valence-electron chi connectivity index (χ4n) is 2.55. The number of H-pyrrole nitrogens is 1. The molecule has 0 saturated heterocycles. The van der Waals surface area contributed by atoms with Crippen LogP contribution in [0.25, 0.3) is 22.8 Å². The topological polar surface area (TPSA) is 65.4 Å². The molecule has 4 aromatic rings. The van der Waals surface area contributed by atoms with E-state index in [1.165, 1.54) is 3.57 Å². The van der Waals surface area contributed by atoms with Crippen molar-refractivity contribution in [3.8, 4) is 28.8 Å². The lowest BCUT2D eigenvalue weighted by atomic mass is 10.1. The largest absolute Gasteiger partial charge is 0.336 e. The Labute approximate surface area is 178 Å². The van der Waals surface area contributed by atoms with Gasteiger partial charge in [0.1, 0.15) is 10.7 Å². The molecule has 0 aliphatic rings.